The van der Waals surface area contributed by atoms with Crippen LogP contribution in [0.25, 0.3) is 0 Å². The average Bonchev–Trinajstić information content (AvgIpc) is 3.37. The SMILES string of the molecule is CC(=O)OC[C@H]1O[C@@H](NC(=O)NC[C@H]2O[C@@H]3OC(C)(C)O[C@@H]3[C@H]3OC(C)(C)O[C@H]32)[C@H](OC(C)=O)[C@@H](OC(C)=O)[C@@H]1OC(C)=O. The van der Waals surface area contributed by atoms with Crippen molar-refractivity contribution in [2.24, 2.45) is 0 Å². The molecule has 10 atom stereocenters. The number of rotatable bonds is 8. The van der Waals surface area contributed by atoms with Crippen LogP contribution in [0.5, 0.6) is 0 Å². The number of carbonyl (C=O) groups excluding carboxylic acids is 5. The van der Waals surface area contributed by atoms with Crippen molar-refractivity contribution in [3.05, 3.63) is 0 Å². The molecular formula is C27H40N2O15. The van der Waals surface area contributed by atoms with E-state index >= 15 is 0 Å². The van der Waals surface area contributed by atoms with Crippen LogP contribution < -0.4 is 10.6 Å². The van der Waals surface area contributed by atoms with Gasteiger partial charge >= 0.3 is 29.9 Å². The Morgan fingerprint density at radius 1 is 0.636 bits per heavy atom. The minimum Gasteiger partial charge on any atom is -0.463 e. The molecule has 4 saturated heterocycles. The van der Waals surface area contributed by atoms with Crippen molar-refractivity contribution in [1.29, 1.82) is 0 Å². The zero-order valence-corrected chi connectivity index (χ0v) is 25.8. The summed E-state index contributed by atoms with van der Waals surface area (Å²) < 4.78 is 57.2. The number of urea groups is 1. The lowest BCUT2D eigenvalue weighted by molar-refractivity contribution is -0.255. The van der Waals surface area contributed by atoms with E-state index in [0.29, 0.717) is 0 Å². The second-order valence-electron chi connectivity index (χ2n) is 11.7. The monoisotopic (exact) mass is 632 g/mol. The topological polar surface area (TPSA) is 202 Å². The smallest absolute Gasteiger partial charge is 0.317 e. The van der Waals surface area contributed by atoms with E-state index in [1.165, 1.54) is 0 Å². The van der Waals surface area contributed by atoms with Crippen molar-refractivity contribution in [2.75, 3.05) is 13.2 Å². The number of amides is 2. The molecule has 4 aliphatic heterocycles. The van der Waals surface area contributed by atoms with E-state index in [2.05, 4.69) is 10.6 Å². The van der Waals surface area contributed by atoms with Gasteiger partial charge in [0.1, 0.15) is 37.1 Å². The lowest BCUT2D eigenvalue weighted by Gasteiger charge is -2.44. The van der Waals surface area contributed by atoms with Crippen LogP contribution in [-0.2, 0) is 66.5 Å². The zero-order valence-electron chi connectivity index (χ0n) is 25.8. The summed E-state index contributed by atoms with van der Waals surface area (Å²) in [6.07, 6.45) is -10.1. The predicted molar refractivity (Wildman–Crippen MR) is 141 cm³/mol. The number of fused-ring (bicyclic) bond motifs is 3. The molecular weight excluding hydrogens is 592 g/mol. The van der Waals surface area contributed by atoms with Crippen molar-refractivity contribution >= 4 is 29.9 Å². The summed E-state index contributed by atoms with van der Waals surface area (Å²) in [6, 6.07) is -0.796. The van der Waals surface area contributed by atoms with Crippen molar-refractivity contribution in [3.63, 3.8) is 0 Å². The predicted octanol–water partition coefficient (Wildman–Crippen LogP) is -0.235. The third-order valence-corrected chi connectivity index (χ3v) is 6.98. The van der Waals surface area contributed by atoms with Gasteiger partial charge in [-0.15, -0.1) is 0 Å². The molecule has 0 spiro atoms. The molecule has 17 nitrogen and oxygen atoms in total. The maximum atomic E-state index is 13.2. The normalized spacial score (nSPS) is 36.6. The Morgan fingerprint density at radius 3 is 1.80 bits per heavy atom. The molecule has 17 heteroatoms. The Labute approximate surface area is 253 Å². The van der Waals surface area contributed by atoms with Gasteiger partial charge < -0.3 is 58.0 Å². The third kappa shape index (κ3) is 8.13. The van der Waals surface area contributed by atoms with E-state index in [4.69, 9.17) is 47.4 Å². The van der Waals surface area contributed by atoms with Gasteiger partial charge in [-0.2, -0.15) is 0 Å². The second kappa shape index (κ2) is 13.1. The molecule has 4 heterocycles. The lowest BCUT2D eigenvalue weighted by Crippen LogP contribution is -2.67. The number of esters is 4. The van der Waals surface area contributed by atoms with E-state index < -0.39 is 109 Å². The van der Waals surface area contributed by atoms with Crippen molar-refractivity contribution in [3.8, 4) is 0 Å². The van der Waals surface area contributed by atoms with E-state index in [0.717, 1.165) is 27.7 Å². The van der Waals surface area contributed by atoms with Gasteiger partial charge in [0.25, 0.3) is 0 Å². The summed E-state index contributed by atoms with van der Waals surface area (Å²) in [7, 11) is 0. The van der Waals surface area contributed by atoms with Crippen LogP contribution in [-0.4, -0.2) is 116 Å². The van der Waals surface area contributed by atoms with E-state index in [1.54, 1.807) is 27.7 Å². The summed E-state index contributed by atoms with van der Waals surface area (Å²) in [5.41, 5.74) is 0. The molecule has 44 heavy (non-hydrogen) atoms. The molecule has 0 aromatic carbocycles. The first-order valence-corrected chi connectivity index (χ1v) is 14.2. The molecule has 0 radical (unpaired) electrons. The van der Waals surface area contributed by atoms with Gasteiger partial charge in [0.05, 0.1) is 0 Å². The largest absolute Gasteiger partial charge is 0.463 e. The van der Waals surface area contributed by atoms with Crippen molar-refractivity contribution in [1.82, 2.24) is 10.6 Å². The number of carbonyl (C=O) groups is 5. The fraction of sp³-hybridized carbons (Fsp3) is 0.815. The fourth-order valence-electron chi connectivity index (χ4n) is 5.58. The maximum absolute atomic E-state index is 13.2. The Morgan fingerprint density at radius 2 is 1.18 bits per heavy atom. The molecule has 4 aliphatic rings. The minimum atomic E-state index is -1.46. The average molecular weight is 633 g/mol. The molecule has 0 saturated carbocycles. The molecule has 0 bridgehead atoms. The number of hydrogen-bond donors (Lipinski definition) is 2. The lowest BCUT2D eigenvalue weighted by atomic mass is 9.97. The highest BCUT2D eigenvalue weighted by molar-refractivity contribution is 5.74. The Bertz CT molecular complexity index is 1130. The number of hydrogen-bond acceptors (Lipinski definition) is 15. The van der Waals surface area contributed by atoms with Crippen LogP contribution in [0.1, 0.15) is 55.4 Å². The van der Waals surface area contributed by atoms with Crippen LogP contribution in [0.4, 0.5) is 4.79 Å². The zero-order chi connectivity index (χ0) is 32.6. The first kappa shape index (κ1) is 33.8. The molecule has 0 aliphatic carbocycles. The van der Waals surface area contributed by atoms with Crippen LogP contribution in [0.3, 0.4) is 0 Å². The molecule has 2 amide bonds. The van der Waals surface area contributed by atoms with Crippen LogP contribution in [0, 0.1) is 0 Å². The van der Waals surface area contributed by atoms with E-state index in [9.17, 15) is 24.0 Å². The molecule has 4 rings (SSSR count). The van der Waals surface area contributed by atoms with Gasteiger partial charge in [0, 0.05) is 34.2 Å². The van der Waals surface area contributed by atoms with Crippen LogP contribution >= 0.6 is 0 Å². The highest BCUT2D eigenvalue weighted by Gasteiger charge is 2.60. The Balaban J connectivity index is 1.50. The van der Waals surface area contributed by atoms with Crippen molar-refractivity contribution in [2.45, 2.75) is 128 Å². The summed E-state index contributed by atoms with van der Waals surface area (Å²) in [4.78, 5) is 60.7. The molecule has 0 aromatic rings. The number of ether oxygens (including phenoxy) is 10. The highest BCUT2D eigenvalue weighted by Crippen LogP contribution is 2.44. The molecule has 248 valence electrons. The Kier molecular flexibility index (Phi) is 10.1. The summed E-state index contributed by atoms with van der Waals surface area (Å²) in [6.45, 7) is 10.9. The first-order valence-electron chi connectivity index (χ1n) is 14.2. The van der Waals surface area contributed by atoms with E-state index in [1.807, 2.05) is 0 Å². The second-order valence-corrected chi connectivity index (χ2v) is 11.7. The summed E-state index contributed by atoms with van der Waals surface area (Å²) in [5, 5.41) is 5.21. The minimum absolute atomic E-state index is 0.0786. The van der Waals surface area contributed by atoms with Crippen LogP contribution in [0.2, 0.25) is 0 Å². The Hall–Kier alpha value is -3.09. The number of nitrogens with one attached hydrogen (secondary N) is 2. The van der Waals surface area contributed by atoms with Crippen molar-refractivity contribution < 1.29 is 71.3 Å². The van der Waals surface area contributed by atoms with Gasteiger partial charge in [-0.3, -0.25) is 19.2 Å². The third-order valence-electron chi connectivity index (χ3n) is 6.98. The highest BCUT2D eigenvalue weighted by atomic mass is 16.9. The first-order chi connectivity index (χ1) is 20.4. The summed E-state index contributed by atoms with van der Waals surface area (Å²) in [5.74, 6) is -4.92. The van der Waals surface area contributed by atoms with Gasteiger partial charge in [0.15, 0.2) is 42.4 Å². The maximum Gasteiger partial charge on any atom is 0.317 e. The van der Waals surface area contributed by atoms with Gasteiger partial charge in [-0.05, 0) is 27.7 Å². The summed E-state index contributed by atoms with van der Waals surface area (Å²) >= 11 is 0. The quantitative estimate of drug-likeness (QED) is 0.262. The molecule has 0 unspecified atom stereocenters. The van der Waals surface area contributed by atoms with E-state index in [-0.39, 0.29) is 6.54 Å². The standard InChI is InChI=1S/C27H40N2O15/c1-11(30)35-10-16-17(36-12(2)31)19(37-13(3)32)21(38-14(4)33)23(39-16)29-25(34)28-9-15-18-20(42-26(5,6)41-18)22-24(40-15)44-27(7,8)43-22/h15-24H,9-10H2,1-8H3,(H2,28,29,34)/t15-,16-,17-,18+,19+,20+,21-,22-,23-,24-/m1/s1. The molecule has 2 N–H and O–H groups in total. The van der Waals surface area contributed by atoms with Gasteiger partial charge in [-0.1, -0.05) is 0 Å². The molecule has 0 aromatic heterocycles. The fourth-order valence-corrected chi connectivity index (χ4v) is 5.58. The molecule has 4 fully saturated rings. The van der Waals surface area contributed by atoms with Crippen LogP contribution in [0.15, 0.2) is 0 Å². The van der Waals surface area contributed by atoms with Gasteiger partial charge in [-0.25, -0.2) is 4.79 Å². The van der Waals surface area contributed by atoms with Gasteiger partial charge in [0.2, 0.25) is 0 Å².